The zero-order valence-electron chi connectivity index (χ0n) is 14.8. The molecule has 7 heteroatoms. The van der Waals surface area contributed by atoms with Gasteiger partial charge in [0.1, 0.15) is 5.82 Å². The lowest BCUT2D eigenvalue weighted by atomic mass is 10.2. The zero-order chi connectivity index (χ0) is 18.7. The molecule has 1 N–H and O–H groups in total. The molecule has 1 amide bonds. The Kier molecular flexibility index (Phi) is 5.08. The van der Waals surface area contributed by atoms with Crippen LogP contribution in [0.2, 0.25) is 0 Å². The van der Waals surface area contributed by atoms with Crippen molar-refractivity contribution >= 4 is 26.8 Å². The van der Waals surface area contributed by atoms with Gasteiger partial charge in [-0.1, -0.05) is 24.3 Å². The molecule has 1 aromatic heterocycles. The third-order valence-electron chi connectivity index (χ3n) is 4.22. The Hall–Kier alpha value is -2.67. The van der Waals surface area contributed by atoms with Crippen LogP contribution >= 0.6 is 0 Å². The molecule has 136 valence electrons. The first-order valence-electron chi connectivity index (χ1n) is 8.37. The summed E-state index contributed by atoms with van der Waals surface area (Å²) < 4.78 is 25.7. The van der Waals surface area contributed by atoms with Crippen molar-refractivity contribution in [3.63, 3.8) is 0 Å². The number of sulfone groups is 1. The molecule has 0 fully saturated rings. The van der Waals surface area contributed by atoms with E-state index in [2.05, 4.69) is 14.9 Å². The zero-order valence-corrected chi connectivity index (χ0v) is 15.6. The first-order chi connectivity index (χ1) is 12.4. The number of nitrogens with zero attached hydrogens (tertiary/aromatic N) is 2. The highest BCUT2D eigenvalue weighted by Crippen LogP contribution is 2.16. The molecule has 0 saturated carbocycles. The normalized spacial score (nSPS) is 11.6. The first-order valence-corrected chi connectivity index (χ1v) is 10.3. The molecule has 2 aromatic carbocycles. The molecule has 6 nitrogen and oxygen atoms in total. The third-order valence-corrected chi connectivity index (χ3v) is 5.38. The van der Waals surface area contributed by atoms with E-state index < -0.39 is 9.84 Å². The van der Waals surface area contributed by atoms with E-state index in [1.807, 2.05) is 31.2 Å². The highest BCUT2D eigenvalue weighted by Gasteiger charge is 2.17. The molecule has 26 heavy (non-hydrogen) atoms. The SMILES string of the molecule is Cc1nc2ccccc2n1CCCNC(=O)c1ccccc1S(C)(=O)=O. The van der Waals surface area contributed by atoms with Crippen LogP contribution in [0.4, 0.5) is 0 Å². The summed E-state index contributed by atoms with van der Waals surface area (Å²) in [5.41, 5.74) is 2.20. The van der Waals surface area contributed by atoms with Gasteiger partial charge in [-0.05, 0) is 37.6 Å². The fourth-order valence-corrected chi connectivity index (χ4v) is 3.88. The molecule has 3 aromatic rings. The van der Waals surface area contributed by atoms with Crippen LogP contribution in [0.3, 0.4) is 0 Å². The van der Waals surface area contributed by atoms with E-state index in [1.165, 1.54) is 12.1 Å². The van der Waals surface area contributed by atoms with Crippen molar-refractivity contribution in [1.82, 2.24) is 14.9 Å². The molecular weight excluding hydrogens is 350 g/mol. The molecule has 0 aliphatic rings. The van der Waals surface area contributed by atoms with Gasteiger partial charge in [0.25, 0.3) is 5.91 Å². The van der Waals surface area contributed by atoms with Crippen molar-refractivity contribution in [2.45, 2.75) is 24.8 Å². The van der Waals surface area contributed by atoms with Crippen LogP contribution in [0.5, 0.6) is 0 Å². The summed E-state index contributed by atoms with van der Waals surface area (Å²) in [5.74, 6) is 0.554. The molecule has 0 saturated heterocycles. The minimum absolute atomic E-state index is 0.0500. The number of nitrogens with one attached hydrogen (secondary N) is 1. The predicted molar refractivity (Wildman–Crippen MR) is 101 cm³/mol. The second-order valence-electron chi connectivity index (χ2n) is 6.18. The monoisotopic (exact) mass is 371 g/mol. The second kappa shape index (κ2) is 7.29. The lowest BCUT2D eigenvalue weighted by molar-refractivity contribution is 0.0949. The summed E-state index contributed by atoms with van der Waals surface area (Å²) in [6, 6.07) is 14.2. The van der Waals surface area contributed by atoms with Crippen molar-refractivity contribution in [3.05, 3.63) is 59.9 Å². The number of carbonyl (C=O) groups is 1. The first kappa shape index (κ1) is 18.1. The Morgan fingerprint density at radius 2 is 1.81 bits per heavy atom. The number of hydrogen-bond acceptors (Lipinski definition) is 4. The van der Waals surface area contributed by atoms with E-state index in [4.69, 9.17) is 0 Å². The quantitative estimate of drug-likeness (QED) is 0.675. The van der Waals surface area contributed by atoms with Gasteiger partial charge in [-0.15, -0.1) is 0 Å². The summed E-state index contributed by atoms with van der Waals surface area (Å²) in [5, 5.41) is 2.80. The van der Waals surface area contributed by atoms with E-state index in [9.17, 15) is 13.2 Å². The average Bonchev–Trinajstić information content (AvgIpc) is 2.93. The fourth-order valence-electron chi connectivity index (χ4n) is 2.99. The van der Waals surface area contributed by atoms with Crippen LogP contribution in [0.25, 0.3) is 11.0 Å². The number of aryl methyl sites for hydroxylation is 2. The molecule has 0 spiro atoms. The lowest BCUT2D eigenvalue weighted by Crippen LogP contribution is -2.26. The Bertz CT molecular complexity index is 1050. The van der Waals surface area contributed by atoms with Gasteiger partial charge >= 0.3 is 0 Å². The Morgan fingerprint density at radius 1 is 1.12 bits per heavy atom. The fraction of sp³-hybridized carbons (Fsp3) is 0.263. The minimum Gasteiger partial charge on any atom is -0.352 e. The van der Waals surface area contributed by atoms with Crippen LogP contribution in [0.1, 0.15) is 22.6 Å². The number of amides is 1. The van der Waals surface area contributed by atoms with E-state index in [0.717, 1.165) is 29.7 Å². The van der Waals surface area contributed by atoms with Crippen molar-refractivity contribution in [2.75, 3.05) is 12.8 Å². The summed E-state index contributed by atoms with van der Waals surface area (Å²) >= 11 is 0. The molecule has 1 heterocycles. The Labute approximate surface area is 152 Å². The maximum Gasteiger partial charge on any atom is 0.252 e. The second-order valence-corrected chi connectivity index (χ2v) is 8.16. The van der Waals surface area contributed by atoms with Crippen molar-refractivity contribution in [2.24, 2.45) is 0 Å². The maximum atomic E-state index is 12.4. The highest BCUT2D eigenvalue weighted by atomic mass is 32.2. The largest absolute Gasteiger partial charge is 0.352 e. The van der Waals surface area contributed by atoms with Crippen LogP contribution in [0.15, 0.2) is 53.4 Å². The van der Waals surface area contributed by atoms with Crippen LogP contribution in [0, 0.1) is 6.92 Å². The number of para-hydroxylation sites is 2. The van der Waals surface area contributed by atoms with Crippen molar-refractivity contribution < 1.29 is 13.2 Å². The van der Waals surface area contributed by atoms with Crippen molar-refractivity contribution in [1.29, 1.82) is 0 Å². The van der Waals surface area contributed by atoms with Gasteiger partial charge in [0.05, 0.1) is 21.5 Å². The summed E-state index contributed by atoms with van der Waals surface area (Å²) in [6.07, 6.45) is 1.82. The van der Waals surface area contributed by atoms with Crippen LogP contribution < -0.4 is 5.32 Å². The molecule has 0 aliphatic heterocycles. The third kappa shape index (κ3) is 3.77. The van der Waals surface area contributed by atoms with E-state index in [-0.39, 0.29) is 16.4 Å². The number of fused-ring (bicyclic) bond motifs is 1. The number of rotatable bonds is 6. The lowest BCUT2D eigenvalue weighted by Gasteiger charge is -2.10. The molecule has 0 unspecified atom stereocenters. The van der Waals surface area contributed by atoms with Gasteiger partial charge in [-0.2, -0.15) is 0 Å². The number of imidazole rings is 1. The summed E-state index contributed by atoms with van der Waals surface area (Å²) in [4.78, 5) is 16.9. The van der Waals surface area contributed by atoms with Gasteiger partial charge in [-0.3, -0.25) is 4.79 Å². The molecule has 0 bridgehead atoms. The van der Waals surface area contributed by atoms with Gasteiger partial charge in [0.15, 0.2) is 9.84 Å². The standard InChI is InChI=1S/C19H21N3O3S/c1-14-21-16-9-4-5-10-17(16)22(14)13-7-12-20-19(23)15-8-3-6-11-18(15)26(2,24)25/h3-6,8-11H,7,12-13H2,1-2H3,(H,20,23). The Balaban J connectivity index is 1.64. The molecule has 0 radical (unpaired) electrons. The number of aromatic nitrogens is 2. The van der Waals surface area contributed by atoms with Crippen LogP contribution in [-0.4, -0.2) is 36.7 Å². The van der Waals surface area contributed by atoms with Gasteiger partial charge < -0.3 is 9.88 Å². The molecular formula is C19H21N3O3S. The van der Waals surface area contributed by atoms with E-state index in [1.54, 1.807) is 12.1 Å². The summed E-state index contributed by atoms with van der Waals surface area (Å²) in [7, 11) is -3.45. The minimum atomic E-state index is -3.45. The van der Waals surface area contributed by atoms with Gasteiger partial charge in [0.2, 0.25) is 0 Å². The molecule has 0 aliphatic carbocycles. The molecule has 0 atom stereocenters. The van der Waals surface area contributed by atoms with Crippen molar-refractivity contribution in [3.8, 4) is 0 Å². The number of benzene rings is 2. The molecule has 3 rings (SSSR count). The topological polar surface area (TPSA) is 81.1 Å². The van der Waals surface area contributed by atoms with Gasteiger partial charge in [-0.25, -0.2) is 13.4 Å². The summed E-state index contributed by atoms with van der Waals surface area (Å²) in [6.45, 7) is 3.13. The smallest absolute Gasteiger partial charge is 0.252 e. The predicted octanol–water partition coefficient (Wildman–Crippen LogP) is 2.57. The maximum absolute atomic E-state index is 12.4. The van der Waals surface area contributed by atoms with E-state index >= 15 is 0 Å². The number of hydrogen-bond donors (Lipinski definition) is 1. The van der Waals surface area contributed by atoms with Crippen LogP contribution in [-0.2, 0) is 16.4 Å². The Morgan fingerprint density at radius 3 is 2.58 bits per heavy atom. The van der Waals surface area contributed by atoms with E-state index in [0.29, 0.717) is 13.0 Å². The average molecular weight is 371 g/mol. The number of carbonyl (C=O) groups excluding carboxylic acids is 1. The van der Waals surface area contributed by atoms with Gasteiger partial charge in [0, 0.05) is 19.3 Å². The highest BCUT2D eigenvalue weighted by molar-refractivity contribution is 7.90.